The summed E-state index contributed by atoms with van der Waals surface area (Å²) in [5, 5.41) is 5.40. The van der Waals surface area contributed by atoms with Crippen LogP contribution in [0.15, 0.2) is 78.9 Å². The number of rotatable bonds is 8. The maximum absolute atomic E-state index is 12.1. The second kappa shape index (κ2) is 10.1. The number of carbonyl (C=O) groups excluding carboxylic acids is 2. The van der Waals surface area contributed by atoms with Crippen LogP contribution < -0.4 is 15.4 Å². The zero-order valence-electron chi connectivity index (χ0n) is 16.4. The molecule has 0 spiro atoms. The van der Waals surface area contributed by atoms with Gasteiger partial charge < -0.3 is 15.4 Å². The monoisotopic (exact) mass is 388 g/mol. The Morgan fingerprint density at radius 2 is 1.48 bits per heavy atom. The van der Waals surface area contributed by atoms with Crippen LogP contribution in [0.2, 0.25) is 0 Å². The van der Waals surface area contributed by atoms with E-state index >= 15 is 0 Å². The normalized spacial score (nSPS) is 10.2. The van der Waals surface area contributed by atoms with Crippen molar-refractivity contribution in [3.05, 3.63) is 95.6 Å². The molecule has 5 nitrogen and oxygen atoms in total. The molecular weight excluding hydrogens is 364 g/mol. The fourth-order valence-corrected chi connectivity index (χ4v) is 2.71. The molecule has 0 aliphatic carbocycles. The summed E-state index contributed by atoms with van der Waals surface area (Å²) in [4.78, 5) is 24.0. The molecule has 0 saturated heterocycles. The average molecular weight is 388 g/mol. The van der Waals surface area contributed by atoms with Crippen molar-refractivity contribution in [1.82, 2.24) is 5.32 Å². The van der Waals surface area contributed by atoms with Gasteiger partial charge >= 0.3 is 0 Å². The van der Waals surface area contributed by atoms with E-state index in [1.54, 1.807) is 24.3 Å². The minimum absolute atomic E-state index is 0.0725. The fraction of sp³-hybridized carbons (Fsp3) is 0.167. The Morgan fingerprint density at radius 1 is 0.793 bits per heavy atom. The minimum Gasteiger partial charge on any atom is -0.489 e. The molecule has 0 saturated carbocycles. The van der Waals surface area contributed by atoms with E-state index < -0.39 is 0 Å². The Morgan fingerprint density at radius 3 is 2.17 bits per heavy atom. The maximum Gasteiger partial charge on any atom is 0.243 e. The zero-order chi connectivity index (χ0) is 20.5. The van der Waals surface area contributed by atoms with Crippen molar-refractivity contribution < 1.29 is 14.3 Å². The maximum atomic E-state index is 12.1. The van der Waals surface area contributed by atoms with E-state index in [1.165, 1.54) is 0 Å². The zero-order valence-corrected chi connectivity index (χ0v) is 16.4. The first kappa shape index (κ1) is 20.1. The number of aryl methyl sites for hydroxylation is 1. The molecule has 0 aliphatic rings. The van der Waals surface area contributed by atoms with Crippen molar-refractivity contribution in [3.8, 4) is 5.75 Å². The molecule has 0 unspecified atom stereocenters. The lowest BCUT2D eigenvalue weighted by Gasteiger charge is -2.09. The molecule has 0 heterocycles. The van der Waals surface area contributed by atoms with Crippen LogP contribution in [0, 0.1) is 6.92 Å². The highest BCUT2D eigenvalue weighted by molar-refractivity contribution is 5.94. The van der Waals surface area contributed by atoms with Gasteiger partial charge in [-0.05, 0) is 42.3 Å². The van der Waals surface area contributed by atoms with Gasteiger partial charge in [0, 0.05) is 5.69 Å². The molecular formula is C24H24N2O3. The van der Waals surface area contributed by atoms with E-state index in [0.717, 1.165) is 22.4 Å². The molecule has 29 heavy (non-hydrogen) atoms. The van der Waals surface area contributed by atoms with E-state index in [1.807, 2.05) is 61.5 Å². The van der Waals surface area contributed by atoms with Crippen molar-refractivity contribution in [2.45, 2.75) is 20.0 Å². The van der Waals surface area contributed by atoms with Crippen LogP contribution in [-0.4, -0.2) is 18.4 Å². The SMILES string of the molecule is Cc1ccc(CC(=O)NCC(=O)Nc2ccc(OCc3ccccc3)cc2)cc1. The highest BCUT2D eigenvalue weighted by atomic mass is 16.5. The molecule has 0 aliphatic heterocycles. The third-order valence-electron chi connectivity index (χ3n) is 4.32. The van der Waals surface area contributed by atoms with E-state index in [2.05, 4.69) is 10.6 Å². The summed E-state index contributed by atoms with van der Waals surface area (Å²) in [6, 6.07) is 24.8. The smallest absolute Gasteiger partial charge is 0.243 e. The van der Waals surface area contributed by atoms with Gasteiger partial charge in [-0.3, -0.25) is 9.59 Å². The fourth-order valence-electron chi connectivity index (χ4n) is 2.71. The van der Waals surface area contributed by atoms with Crippen LogP contribution in [0.25, 0.3) is 0 Å². The van der Waals surface area contributed by atoms with Crippen LogP contribution in [0.3, 0.4) is 0 Å². The van der Waals surface area contributed by atoms with Gasteiger partial charge in [0.25, 0.3) is 0 Å². The standard InChI is InChI=1S/C24H24N2O3/c1-18-7-9-19(10-8-18)15-23(27)25-16-24(28)26-21-11-13-22(14-12-21)29-17-20-5-3-2-4-6-20/h2-14H,15-17H2,1H3,(H,25,27)(H,26,28). The van der Waals surface area contributed by atoms with Gasteiger partial charge in [0.1, 0.15) is 12.4 Å². The van der Waals surface area contributed by atoms with E-state index in [4.69, 9.17) is 4.74 Å². The number of amides is 2. The number of carbonyl (C=O) groups is 2. The predicted molar refractivity (Wildman–Crippen MR) is 114 cm³/mol. The van der Waals surface area contributed by atoms with Crippen molar-refractivity contribution in [2.75, 3.05) is 11.9 Å². The van der Waals surface area contributed by atoms with E-state index in [0.29, 0.717) is 12.3 Å². The Labute approximate surface area is 170 Å². The Bertz CT molecular complexity index is 936. The highest BCUT2D eigenvalue weighted by Gasteiger charge is 2.07. The summed E-state index contributed by atoms with van der Waals surface area (Å²) in [5.41, 5.74) is 3.80. The van der Waals surface area contributed by atoms with Crippen molar-refractivity contribution in [3.63, 3.8) is 0 Å². The second-order valence-corrected chi connectivity index (χ2v) is 6.79. The van der Waals surface area contributed by atoms with Gasteiger partial charge in [-0.1, -0.05) is 60.2 Å². The summed E-state index contributed by atoms with van der Waals surface area (Å²) in [5.74, 6) is 0.257. The molecule has 0 radical (unpaired) electrons. The lowest BCUT2D eigenvalue weighted by molar-refractivity contribution is -0.123. The van der Waals surface area contributed by atoms with E-state index in [9.17, 15) is 9.59 Å². The Hall–Kier alpha value is -3.60. The second-order valence-electron chi connectivity index (χ2n) is 6.79. The summed E-state index contributed by atoms with van der Waals surface area (Å²) in [6.07, 6.45) is 0.251. The molecule has 0 fully saturated rings. The lowest BCUT2D eigenvalue weighted by atomic mass is 10.1. The van der Waals surface area contributed by atoms with Crippen LogP contribution in [0.5, 0.6) is 5.75 Å². The lowest BCUT2D eigenvalue weighted by Crippen LogP contribution is -2.33. The number of hydrogen-bond acceptors (Lipinski definition) is 3. The topological polar surface area (TPSA) is 67.4 Å². The van der Waals surface area contributed by atoms with Gasteiger partial charge in [-0.25, -0.2) is 0 Å². The first-order chi connectivity index (χ1) is 14.1. The van der Waals surface area contributed by atoms with Crippen LogP contribution in [0.1, 0.15) is 16.7 Å². The Balaban J connectivity index is 1.40. The van der Waals surface area contributed by atoms with Gasteiger partial charge in [0.2, 0.25) is 11.8 Å². The molecule has 0 aromatic heterocycles. The molecule has 148 valence electrons. The van der Waals surface area contributed by atoms with Crippen molar-refractivity contribution in [2.24, 2.45) is 0 Å². The Kier molecular flexibility index (Phi) is 7.00. The van der Waals surface area contributed by atoms with Gasteiger partial charge in [0.05, 0.1) is 13.0 Å². The predicted octanol–water partition coefficient (Wildman–Crippen LogP) is 3.87. The van der Waals surface area contributed by atoms with Crippen LogP contribution in [-0.2, 0) is 22.6 Å². The molecule has 2 amide bonds. The summed E-state index contributed by atoms with van der Waals surface area (Å²) in [6.45, 7) is 2.41. The summed E-state index contributed by atoms with van der Waals surface area (Å²) < 4.78 is 5.73. The number of nitrogens with one attached hydrogen (secondary N) is 2. The van der Waals surface area contributed by atoms with Crippen LogP contribution in [0.4, 0.5) is 5.69 Å². The number of anilines is 1. The number of benzene rings is 3. The van der Waals surface area contributed by atoms with Gasteiger partial charge in [-0.15, -0.1) is 0 Å². The van der Waals surface area contributed by atoms with E-state index in [-0.39, 0.29) is 24.8 Å². The first-order valence-corrected chi connectivity index (χ1v) is 9.47. The first-order valence-electron chi connectivity index (χ1n) is 9.47. The quantitative estimate of drug-likeness (QED) is 0.616. The number of ether oxygens (including phenoxy) is 1. The van der Waals surface area contributed by atoms with Gasteiger partial charge in [-0.2, -0.15) is 0 Å². The molecule has 0 atom stereocenters. The molecule has 0 bridgehead atoms. The summed E-state index contributed by atoms with van der Waals surface area (Å²) in [7, 11) is 0. The van der Waals surface area contributed by atoms with Crippen molar-refractivity contribution in [1.29, 1.82) is 0 Å². The molecule has 5 heteroatoms. The molecule has 3 rings (SSSR count). The summed E-state index contributed by atoms with van der Waals surface area (Å²) >= 11 is 0. The van der Waals surface area contributed by atoms with Crippen molar-refractivity contribution >= 4 is 17.5 Å². The number of hydrogen-bond donors (Lipinski definition) is 2. The average Bonchev–Trinajstić information content (AvgIpc) is 2.74. The molecule has 2 N–H and O–H groups in total. The highest BCUT2D eigenvalue weighted by Crippen LogP contribution is 2.17. The van der Waals surface area contributed by atoms with Gasteiger partial charge in [0.15, 0.2) is 0 Å². The minimum atomic E-state index is -0.278. The third-order valence-corrected chi connectivity index (χ3v) is 4.32. The molecule has 3 aromatic rings. The van der Waals surface area contributed by atoms with Crippen LogP contribution >= 0.6 is 0 Å². The molecule has 3 aromatic carbocycles. The third kappa shape index (κ3) is 6.81. The largest absolute Gasteiger partial charge is 0.489 e.